The van der Waals surface area contributed by atoms with Crippen LogP contribution in [-0.2, 0) is 13.0 Å². The Hall–Kier alpha value is -1.59. The maximum atomic E-state index is 11.4. The Bertz CT molecular complexity index is 455. The quantitative estimate of drug-likeness (QED) is 0.813. The molecule has 6 heteroatoms. The summed E-state index contributed by atoms with van der Waals surface area (Å²) in [7, 11) is 0. The van der Waals surface area contributed by atoms with Crippen molar-refractivity contribution in [1.29, 1.82) is 0 Å². The number of hydrogen-bond acceptors (Lipinski definition) is 3. The fourth-order valence-electron chi connectivity index (χ4n) is 3.05. The largest absolute Gasteiger partial charge is 0.351 e. The summed E-state index contributed by atoms with van der Waals surface area (Å²) in [4.78, 5) is 13.2. The maximum absolute atomic E-state index is 11.4. The minimum atomic E-state index is -0.344. The van der Waals surface area contributed by atoms with E-state index in [1.807, 2.05) is 0 Å². The fraction of sp³-hybridized carbons (Fsp3) is 0.750. The SMILES string of the molecule is NC(=O)N1CCCC1c1nnc2n1CCCCC2. The van der Waals surface area contributed by atoms with E-state index in [1.54, 1.807) is 4.90 Å². The average molecular weight is 249 g/mol. The molecule has 1 saturated heterocycles. The first-order chi connectivity index (χ1) is 8.77. The minimum Gasteiger partial charge on any atom is -0.351 e. The van der Waals surface area contributed by atoms with Crippen molar-refractivity contribution in [2.24, 2.45) is 5.73 Å². The van der Waals surface area contributed by atoms with Crippen LogP contribution in [0.25, 0.3) is 0 Å². The van der Waals surface area contributed by atoms with Crippen LogP contribution in [0.5, 0.6) is 0 Å². The lowest BCUT2D eigenvalue weighted by Crippen LogP contribution is -2.36. The molecule has 2 aliphatic rings. The number of hydrogen-bond donors (Lipinski definition) is 1. The molecule has 1 unspecified atom stereocenters. The number of aryl methyl sites for hydroxylation is 1. The van der Waals surface area contributed by atoms with Gasteiger partial charge in [-0.05, 0) is 25.7 Å². The van der Waals surface area contributed by atoms with E-state index in [0.717, 1.165) is 44.0 Å². The average Bonchev–Trinajstić information content (AvgIpc) is 2.90. The van der Waals surface area contributed by atoms with Gasteiger partial charge in [0.05, 0.1) is 6.04 Å². The van der Waals surface area contributed by atoms with Crippen molar-refractivity contribution in [3.63, 3.8) is 0 Å². The van der Waals surface area contributed by atoms with Gasteiger partial charge in [-0.15, -0.1) is 10.2 Å². The first kappa shape index (κ1) is 11.5. The molecular formula is C12H19N5O. The molecule has 1 fully saturated rings. The number of carbonyl (C=O) groups excluding carboxylic acids is 1. The topological polar surface area (TPSA) is 77.0 Å². The molecule has 98 valence electrons. The van der Waals surface area contributed by atoms with E-state index >= 15 is 0 Å². The summed E-state index contributed by atoms with van der Waals surface area (Å²) >= 11 is 0. The van der Waals surface area contributed by atoms with E-state index < -0.39 is 0 Å². The number of fused-ring (bicyclic) bond motifs is 1. The Morgan fingerprint density at radius 1 is 1.17 bits per heavy atom. The molecule has 2 amide bonds. The van der Waals surface area contributed by atoms with Gasteiger partial charge in [-0.2, -0.15) is 0 Å². The van der Waals surface area contributed by atoms with E-state index in [4.69, 9.17) is 5.73 Å². The van der Waals surface area contributed by atoms with Crippen molar-refractivity contribution in [3.05, 3.63) is 11.6 Å². The number of rotatable bonds is 1. The van der Waals surface area contributed by atoms with Crippen LogP contribution in [0.2, 0.25) is 0 Å². The van der Waals surface area contributed by atoms with Crippen LogP contribution in [0.4, 0.5) is 4.79 Å². The summed E-state index contributed by atoms with van der Waals surface area (Å²) in [5.74, 6) is 2.00. The van der Waals surface area contributed by atoms with Crippen molar-refractivity contribution in [2.45, 2.75) is 51.1 Å². The summed E-state index contributed by atoms with van der Waals surface area (Å²) in [6, 6.07) is -0.315. The summed E-state index contributed by atoms with van der Waals surface area (Å²) in [5, 5.41) is 8.61. The second-order valence-corrected chi connectivity index (χ2v) is 5.13. The molecule has 0 radical (unpaired) electrons. The molecule has 1 aromatic rings. The van der Waals surface area contributed by atoms with E-state index in [2.05, 4.69) is 14.8 Å². The van der Waals surface area contributed by atoms with Gasteiger partial charge in [-0.25, -0.2) is 4.79 Å². The van der Waals surface area contributed by atoms with E-state index in [0.29, 0.717) is 0 Å². The van der Waals surface area contributed by atoms with Gasteiger partial charge >= 0.3 is 6.03 Å². The fourth-order valence-corrected chi connectivity index (χ4v) is 3.05. The van der Waals surface area contributed by atoms with Crippen molar-refractivity contribution in [3.8, 4) is 0 Å². The van der Waals surface area contributed by atoms with Crippen LogP contribution in [-0.4, -0.2) is 32.2 Å². The molecule has 0 saturated carbocycles. The Balaban J connectivity index is 1.92. The predicted molar refractivity (Wildman–Crippen MR) is 65.8 cm³/mol. The van der Waals surface area contributed by atoms with E-state index in [1.165, 1.54) is 19.3 Å². The molecule has 0 bridgehead atoms. The maximum Gasteiger partial charge on any atom is 0.315 e. The van der Waals surface area contributed by atoms with Crippen molar-refractivity contribution >= 4 is 6.03 Å². The molecule has 3 heterocycles. The van der Waals surface area contributed by atoms with Crippen molar-refractivity contribution in [2.75, 3.05) is 6.54 Å². The highest BCUT2D eigenvalue weighted by Gasteiger charge is 2.33. The molecule has 6 nitrogen and oxygen atoms in total. The lowest BCUT2D eigenvalue weighted by atomic mass is 10.2. The molecule has 18 heavy (non-hydrogen) atoms. The molecule has 1 atom stereocenters. The number of carbonyl (C=O) groups is 1. The Labute approximate surface area is 106 Å². The second kappa shape index (κ2) is 4.59. The first-order valence-electron chi connectivity index (χ1n) is 6.75. The van der Waals surface area contributed by atoms with Gasteiger partial charge in [-0.3, -0.25) is 0 Å². The minimum absolute atomic E-state index is 0.0295. The Morgan fingerprint density at radius 3 is 2.89 bits per heavy atom. The lowest BCUT2D eigenvalue weighted by molar-refractivity contribution is 0.199. The number of urea groups is 1. The third kappa shape index (κ3) is 1.85. The zero-order chi connectivity index (χ0) is 12.5. The molecular weight excluding hydrogens is 230 g/mol. The number of nitrogens with zero attached hydrogens (tertiary/aromatic N) is 4. The van der Waals surface area contributed by atoms with Crippen LogP contribution in [0.3, 0.4) is 0 Å². The molecule has 0 aromatic carbocycles. The highest BCUT2D eigenvalue weighted by atomic mass is 16.2. The van der Waals surface area contributed by atoms with Crippen LogP contribution in [0, 0.1) is 0 Å². The number of aromatic nitrogens is 3. The van der Waals surface area contributed by atoms with Crippen LogP contribution >= 0.6 is 0 Å². The zero-order valence-electron chi connectivity index (χ0n) is 10.5. The third-order valence-electron chi connectivity index (χ3n) is 3.97. The normalized spacial score (nSPS) is 23.8. The summed E-state index contributed by atoms with van der Waals surface area (Å²) in [6.07, 6.45) is 6.53. The lowest BCUT2D eigenvalue weighted by Gasteiger charge is -2.22. The zero-order valence-corrected chi connectivity index (χ0v) is 10.5. The van der Waals surface area contributed by atoms with Gasteiger partial charge in [-0.1, -0.05) is 6.42 Å². The molecule has 1 aromatic heterocycles. The molecule has 3 rings (SSSR count). The highest BCUT2D eigenvalue weighted by molar-refractivity contribution is 5.72. The van der Waals surface area contributed by atoms with Gasteiger partial charge < -0.3 is 15.2 Å². The van der Waals surface area contributed by atoms with Gasteiger partial charge in [0.15, 0.2) is 5.82 Å². The molecule has 2 N–H and O–H groups in total. The number of primary amides is 1. The van der Waals surface area contributed by atoms with Gasteiger partial charge in [0, 0.05) is 19.5 Å². The van der Waals surface area contributed by atoms with Crippen LogP contribution in [0.15, 0.2) is 0 Å². The third-order valence-corrected chi connectivity index (χ3v) is 3.97. The monoisotopic (exact) mass is 249 g/mol. The second-order valence-electron chi connectivity index (χ2n) is 5.13. The highest BCUT2D eigenvalue weighted by Crippen LogP contribution is 2.31. The Morgan fingerprint density at radius 2 is 2.06 bits per heavy atom. The number of amides is 2. The molecule has 0 aliphatic carbocycles. The predicted octanol–water partition coefficient (Wildman–Crippen LogP) is 1.22. The standard InChI is InChI=1S/C12H19N5O/c13-12(18)16-8-4-5-9(16)11-15-14-10-6-2-1-3-7-17(10)11/h9H,1-8H2,(H2,13,18). The Kier molecular flexibility index (Phi) is 2.93. The van der Waals surface area contributed by atoms with Gasteiger partial charge in [0.25, 0.3) is 0 Å². The number of likely N-dealkylation sites (tertiary alicyclic amines) is 1. The molecule has 2 aliphatic heterocycles. The van der Waals surface area contributed by atoms with Gasteiger partial charge in [0.1, 0.15) is 5.82 Å². The van der Waals surface area contributed by atoms with E-state index in [-0.39, 0.29) is 12.1 Å². The molecule has 0 spiro atoms. The van der Waals surface area contributed by atoms with Crippen molar-refractivity contribution < 1.29 is 4.79 Å². The van der Waals surface area contributed by atoms with Crippen LogP contribution in [0.1, 0.15) is 49.8 Å². The van der Waals surface area contributed by atoms with Gasteiger partial charge in [0.2, 0.25) is 0 Å². The van der Waals surface area contributed by atoms with E-state index in [9.17, 15) is 4.79 Å². The smallest absolute Gasteiger partial charge is 0.315 e. The van der Waals surface area contributed by atoms with Crippen molar-refractivity contribution in [1.82, 2.24) is 19.7 Å². The summed E-state index contributed by atoms with van der Waals surface area (Å²) in [6.45, 7) is 1.71. The summed E-state index contributed by atoms with van der Waals surface area (Å²) in [5.41, 5.74) is 5.43. The summed E-state index contributed by atoms with van der Waals surface area (Å²) < 4.78 is 2.21. The first-order valence-corrected chi connectivity index (χ1v) is 6.75. The van der Waals surface area contributed by atoms with Crippen LogP contribution < -0.4 is 5.73 Å². The number of nitrogens with two attached hydrogens (primary N) is 1.